The fraction of sp³-hybridized carbons (Fsp3) is 0.185. The first-order chi connectivity index (χ1) is 13.6. The minimum absolute atomic E-state index is 0.218. The van der Waals surface area contributed by atoms with E-state index in [1.54, 1.807) is 0 Å². The van der Waals surface area contributed by atoms with Crippen LogP contribution in [-0.2, 0) is 0 Å². The molecule has 3 aromatic carbocycles. The molecule has 1 aliphatic carbocycles. The van der Waals surface area contributed by atoms with E-state index in [1.165, 1.54) is 44.2 Å². The Bertz CT molecular complexity index is 1040. The van der Waals surface area contributed by atoms with E-state index in [4.69, 9.17) is 0 Å². The highest BCUT2D eigenvalue weighted by Crippen LogP contribution is 2.53. The second-order valence-corrected chi connectivity index (χ2v) is 8.35. The maximum Gasteiger partial charge on any atom is 0.0720 e. The Hall–Kier alpha value is -2.64. The third kappa shape index (κ3) is 3.31. The lowest BCUT2D eigenvalue weighted by molar-refractivity contribution is 0.791. The van der Waals surface area contributed by atoms with Gasteiger partial charge in [-0.25, -0.2) is 0 Å². The molecule has 137 valence electrons. The van der Waals surface area contributed by atoms with E-state index >= 15 is 0 Å². The highest BCUT2D eigenvalue weighted by atomic mass is 28.1. The van der Waals surface area contributed by atoms with E-state index in [9.17, 15) is 0 Å². The number of allylic oxidation sites excluding steroid dienone is 4. The van der Waals surface area contributed by atoms with E-state index in [2.05, 4.69) is 116 Å². The Morgan fingerprint density at radius 1 is 0.714 bits per heavy atom. The molecule has 3 aromatic rings. The molecule has 0 aliphatic heterocycles. The minimum Gasteiger partial charge on any atom is -0.0622 e. The molecule has 0 spiro atoms. The Balaban J connectivity index is 2.01. The third-order valence-corrected chi connectivity index (χ3v) is 6.07. The van der Waals surface area contributed by atoms with Crippen LogP contribution in [0.25, 0.3) is 11.1 Å². The normalized spacial score (nSPS) is 17.0. The quantitative estimate of drug-likeness (QED) is 0.440. The second kappa shape index (κ2) is 7.77. The van der Waals surface area contributed by atoms with Crippen molar-refractivity contribution < 1.29 is 0 Å². The zero-order valence-corrected chi connectivity index (χ0v) is 17.7. The summed E-state index contributed by atoms with van der Waals surface area (Å²) in [6, 6.07) is 30.6. The first-order valence-electron chi connectivity index (χ1n) is 9.95. The summed E-state index contributed by atoms with van der Waals surface area (Å²) >= 11 is 0. The van der Waals surface area contributed by atoms with Crippen LogP contribution in [-0.4, -0.2) is 10.2 Å². The average molecular weight is 378 g/mol. The molecular weight excluding hydrogens is 352 g/mol. The second-order valence-electron chi connectivity index (χ2n) is 7.85. The van der Waals surface area contributed by atoms with Gasteiger partial charge in [-0.1, -0.05) is 110 Å². The van der Waals surface area contributed by atoms with Crippen molar-refractivity contribution in [3.05, 3.63) is 118 Å². The van der Waals surface area contributed by atoms with Gasteiger partial charge in [-0.2, -0.15) is 0 Å². The highest BCUT2D eigenvalue weighted by Gasteiger charge is 2.35. The fourth-order valence-electron chi connectivity index (χ4n) is 4.37. The third-order valence-electron chi connectivity index (χ3n) is 5.53. The maximum absolute atomic E-state index is 4.09. The molecule has 1 atom stereocenters. The molecule has 1 heteroatoms. The first-order valence-corrected chi connectivity index (χ1v) is 10.5. The van der Waals surface area contributed by atoms with Crippen LogP contribution in [0.15, 0.2) is 95.7 Å². The molecule has 1 unspecified atom stereocenters. The zero-order valence-electron chi connectivity index (χ0n) is 16.7. The summed E-state index contributed by atoms with van der Waals surface area (Å²) in [5.74, 6) is 0.644. The predicted molar refractivity (Wildman–Crippen MR) is 121 cm³/mol. The molecule has 0 fully saturated rings. The van der Waals surface area contributed by atoms with Crippen LogP contribution in [0.5, 0.6) is 0 Å². The number of hydrogen-bond acceptors (Lipinski definition) is 0. The minimum atomic E-state index is 0.218. The van der Waals surface area contributed by atoms with E-state index in [1.807, 2.05) is 0 Å². The molecule has 1 aliphatic rings. The predicted octanol–water partition coefficient (Wildman–Crippen LogP) is 6.78. The molecule has 0 amide bonds. The average Bonchev–Trinajstić information content (AvgIpc) is 3.02. The topological polar surface area (TPSA) is 0 Å². The van der Waals surface area contributed by atoms with Gasteiger partial charge in [-0.3, -0.25) is 0 Å². The van der Waals surface area contributed by atoms with Crippen molar-refractivity contribution in [2.45, 2.75) is 26.7 Å². The molecule has 4 rings (SSSR count). The molecule has 0 N–H and O–H groups in total. The Kier molecular flexibility index (Phi) is 5.19. The van der Waals surface area contributed by atoms with Gasteiger partial charge in [-0.15, -0.1) is 0 Å². The number of rotatable bonds is 4. The Labute approximate surface area is 172 Å². The molecule has 28 heavy (non-hydrogen) atoms. The van der Waals surface area contributed by atoms with Crippen LogP contribution >= 0.6 is 0 Å². The summed E-state index contributed by atoms with van der Waals surface area (Å²) in [4.78, 5) is 0. The van der Waals surface area contributed by atoms with Gasteiger partial charge < -0.3 is 0 Å². The number of aryl methyl sites for hydroxylation is 1. The summed E-state index contributed by atoms with van der Waals surface area (Å²) in [7, 11) is 4.09. The van der Waals surface area contributed by atoms with Crippen LogP contribution in [0.2, 0.25) is 0 Å². The fourth-order valence-corrected chi connectivity index (χ4v) is 5.08. The summed E-state index contributed by atoms with van der Waals surface area (Å²) in [6.45, 7) is 6.76. The van der Waals surface area contributed by atoms with Crippen LogP contribution in [0.3, 0.4) is 0 Å². The van der Waals surface area contributed by atoms with Crippen LogP contribution in [0.4, 0.5) is 0 Å². The summed E-state index contributed by atoms with van der Waals surface area (Å²) in [5.41, 5.74) is 9.43. The summed E-state index contributed by atoms with van der Waals surface area (Å²) in [5, 5.41) is 1.24. The molecule has 0 nitrogen and oxygen atoms in total. The van der Waals surface area contributed by atoms with E-state index in [0.29, 0.717) is 5.92 Å². The van der Waals surface area contributed by atoms with Gasteiger partial charge in [0, 0.05) is 5.92 Å². The lowest BCUT2D eigenvalue weighted by atomic mass is 9.81. The molecule has 0 saturated carbocycles. The number of hydrogen-bond donors (Lipinski definition) is 0. The molecular formula is C27H25Si. The largest absolute Gasteiger partial charge is 0.0720 e. The SMILES string of the molecule is Cc1cccc(C2=C(C(C)C)C([Si])=C(c3ccccc3)C2c2ccccc2)c1. The van der Waals surface area contributed by atoms with Gasteiger partial charge in [0.05, 0.1) is 10.2 Å². The number of benzene rings is 3. The molecule has 0 bridgehead atoms. The lowest BCUT2D eigenvalue weighted by Gasteiger charge is -2.22. The van der Waals surface area contributed by atoms with Crippen molar-refractivity contribution >= 4 is 21.4 Å². The van der Waals surface area contributed by atoms with Crippen molar-refractivity contribution in [1.82, 2.24) is 0 Å². The van der Waals surface area contributed by atoms with Crippen molar-refractivity contribution in [1.29, 1.82) is 0 Å². The summed E-state index contributed by atoms with van der Waals surface area (Å²) in [6.07, 6.45) is 0. The van der Waals surface area contributed by atoms with Gasteiger partial charge in [0.25, 0.3) is 0 Å². The van der Waals surface area contributed by atoms with E-state index in [-0.39, 0.29) is 5.92 Å². The highest BCUT2D eigenvalue weighted by molar-refractivity contribution is 6.32. The van der Waals surface area contributed by atoms with Crippen molar-refractivity contribution in [2.24, 2.45) is 5.92 Å². The van der Waals surface area contributed by atoms with Crippen molar-refractivity contribution in [2.75, 3.05) is 0 Å². The van der Waals surface area contributed by atoms with E-state index < -0.39 is 0 Å². The molecule has 0 heterocycles. The van der Waals surface area contributed by atoms with E-state index in [0.717, 1.165) is 0 Å². The molecule has 0 aromatic heterocycles. The van der Waals surface area contributed by atoms with Crippen molar-refractivity contribution in [3.8, 4) is 0 Å². The first kappa shape index (κ1) is 18.7. The van der Waals surface area contributed by atoms with Crippen molar-refractivity contribution in [3.63, 3.8) is 0 Å². The van der Waals surface area contributed by atoms with Crippen LogP contribution < -0.4 is 0 Å². The van der Waals surface area contributed by atoms with Gasteiger partial charge in [0.15, 0.2) is 0 Å². The smallest absolute Gasteiger partial charge is 0.0622 e. The van der Waals surface area contributed by atoms with Gasteiger partial charge in [0.2, 0.25) is 0 Å². The molecule has 3 radical (unpaired) electrons. The maximum atomic E-state index is 4.09. The van der Waals surface area contributed by atoms with Crippen LogP contribution in [0, 0.1) is 12.8 Å². The lowest BCUT2D eigenvalue weighted by Crippen LogP contribution is -2.04. The standard InChI is InChI=1S/C27H25Si/c1-18(2)23-25(22-16-10-11-19(3)17-22)24(20-12-6-4-7-13-20)26(27(23)28)21-14-8-5-9-15-21/h4-18,24H,1-3H3. The van der Waals surface area contributed by atoms with Gasteiger partial charge in [-0.05, 0) is 46.3 Å². The van der Waals surface area contributed by atoms with Gasteiger partial charge >= 0.3 is 0 Å². The Morgan fingerprint density at radius 3 is 1.93 bits per heavy atom. The molecule has 0 saturated heterocycles. The van der Waals surface area contributed by atoms with Gasteiger partial charge in [0.1, 0.15) is 0 Å². The van der Waals surface area contributed by atoms with Crippen LogP contribution in [0.1, 0.15) is 42.0 Å². The summed E-state index contributed by atoms with van der Waals surface area (Å²) < 4.78 is 0. The monoisotopic (exact) mass is 377 g/mol. The zero-order chi connectivity index (χ0) is 19.7. The Morgan fingerprint density at radius 2 is 1.32 bits per heavy atom.